The normalized spacial score (nSPS) is 11.5. The Kier molecular flexibility index (Phi) is 6.58. The first-order valence-corrected chi connectivity index (χ1v) is 10.6. The number of halogens is 1. The molecule has 0 aliphatic carbocycles. The summed E-state index contributed by atoms with van der Waals surface area (Å²) in [7, 11) is 0. The van der Waals surface area contributed by atoms with Gasteiger partial charge in [-0.25, -0.2) is 5.43 Å². The Morgan fingerprint density at radius 2 is 1.56 bits per heavy atom. The average molecular weight is 474 g/mol. The van der Waals surface area contributed by atoms with E-state index in [9.17, 15) is 19.8 Å². The number of hydrogen-bond donors (Lipinski definition) is 2. The number of amides is 1. The summed E-state index contributed by atoms with van der Waals surface area (Å²) in [5, 5.41) is 26.7. The second-order valence-corrected chi connectivity index (χ2v) is 7.73. The molecule has 0 saturated heterocycles. The Morgan fingerprint density at radius 1 is 0.941 bits per heavy atom. The minimum Gasteiger partial charge on any atom is -0.545 e. The summed E-state index contributed by atoms with van der Waals surface area (Å²) in [6.07, 6.45) is 1.26. The molecule has 0 bridgehead atoms. The maximum atomic E-state index is 13.0. The molecular weight excluding hydrogens is 456 g/mol. The number of carbonyl (C=O) groups is 2. The van der Waals surface area contributed by atoms with Crippen LogP contribution in [0.2, 0.25) is 5.02 Å². The summed E-state index contributed by atoms with van der Waals surface area (Å²) >= 11 is 6.17. The van der Waals surface area contributed by atoms with Crippen molar-refractivity contribution in [2.24, 2.45) is 5.10 Å². The average Bonchev–Trinajstić information content (AvgIpc) is 3.33. The number of hydrogen-bond acceptors (Lipinski definition) is 6. The molecule has 4 rings (SSSR count). The molecule has 7 nitrogen and oxygen atoms in total. The van der Waals surface area contributed by atoms with Crippen molar-refractivity contribution in [3.63, 3.8) is 0 Å². The molecule has 8 heteroatoms. The molecule has 1 heterocycles. The van der Waals surface area contributed by atoms with Gasteiger partial charge in [0.25, 0.3) is 5.91 Å². The molecule has 0 radical (unpaired) electrons. The van der Waals surface area contributed by atoms with Gasteiger partial charge in [0.15, 0.2) is 5.60 Å². The predicted molar refractivity (Wildman–Crippen MR) is 125 cm³/mol. The molecule has 0 unspecified atom stereocenters. The van der Waals surface area contributed by atoms with Gasteiger partial charge in [0.2, 0.25) is 0 Å². The first-order valence-electron chi connectivity index (χ1n) is 10.2. The van der Waals surface area contributed by atoms with Crippen LogP contribution in [0.15, 0.2) is 101 Å². The Morgan fingerprint density at radius 3 is 2.15 bits per heavy atom. The highest BCUT2D eigenvalue weighted by atomic mass is 35.5. The number of rotatable bonds is 7. The van der Waals surface area contributed by atoms with Gasteiger partial charge in [-0.1, -0.05) is 78.3 Å². The first kappa shape index (κ1) is 23.0. The van der Waals surface area contributed by atoms with Gasteiger partial charge in [-0.3, -0.25) is 4.79 Å². The number of aromatic carboxylic acids is 1. The van der Waals surface area contributed by atoms with Gasteiger partial charge in [0.1, 0.15) is 11.5 Å². The van der Waals surface area contributed by atoms with Crippen LogP contribution in [-0.2, 0) is 10.4 Å². The molecule has 0 saturated carbocycles. The minimum absolute atomic E-state index is 0.0422. The lowest BCUT2D eigenvalue weighted by atomic mass is 9.85. The fourth-order valence-corrected chi connectivity index (χ4v) is 3.64. The van der Waals surface area contributed by atoms with Crippen LogP contribution in [0.5, 0.6) is 0 Å². The quantitative estimate of drug-likeness (QED) is 0.315. The number of benzene rings is 3. The number of carboxylic acids is 1. The van der Waals surface area contributed by atoms with Crippen molar-refractivity contribution in [3.8, 4) is 11.3 Å². The SMILES string of the molecule is O=C([O-])c1ccc(Cl)c(-c2ccc(/C=N\NC(=O)C(O)(c3ccccc3)c3ccccc3)o2)c1. The Balaban J connectivity index is 1.56. The third-order valence-corrected chi connectivity index (χ3v) is 5.49. The summed E-state index contributed by atoms with van der Waals surface area (Å²) in [4.78, 5) is 24.2. The zero-order valence-corrected chi connectivity index (χ0v) is 18.4. The van der Waals surface area contributed by atoms with Gasteiger partial charge < -0.3 is 19.4 Å². The van der Waals surface area contributed by atoms with E-state index in [2.05, 4.69) is 10.5 Å². The number of carbonyl (C=O) groups excluding carboxylic acids is 2. The van der Waals surface area contributed by atoms with Crippen molar-refractivity contribution in [1.29, 1.82) is 0 Å². The molecule has 170 valence electrons. The maximum absolute atomic E-state index is 13.0. The van der Waals surface area contributed by atoms with Crippen molar-refractivity contribution in [1.82, 2.24) is 5.43 Å². The van der Waals surface area contributed by atoms with Crippen molar-refractivity contribution in [2.75, 3.05) is 0 Å². The molecule has 0 fully saturated rings. The lowest BCUT2D eigenvalue weighted by Crippen LogP contribution is -2.43. The van der Waals surface area contributed by atoms with Crippen LogP contribution < -0.4 is 10.5 Å². The zero-order valence-electron chi connectivity index (χ0n) is 17.6. The van der Waals surface area contributed by atoms with Crippen LogP contribution in [0.25, 0.3) is 11.3 Å². The molecule has 2 N–H and O–H groups in total. The zero-order chi connectivity index (χ0) is 24.1. The van der Waals surface area contributed by atoms with E-state index in [1.54, 1.807) is 72.8 Å². The van der Waals surface area contributed by atoms with Crippen LogP contribution in [0.3, 0.4) is 0 Å². The van der Waals surface area contributed by atoms with Gasteiger partial charge in [0.05, 0.1) is 17.2 Å². The number of nitrogens with zero attached hydrogens (tertiary/aromatic N) is 1. The maximum Gasteiger partial charge on any atom is 0.281 e. The van der Waals surface area contributed by atoms with Gasteiger partial charge in [0, 0.05) is 5.56 Å². The van der Waals surface area contributed by atoms with E-state index >= 15 is 0 Å². The third-order valence-electron chi connectivity index (χ3n) is 5.16. The summed E-state index contributed by atoms with van der Waals surface area (Å²) in [6.45, 7) is 0. The van der Waals surface area contributed by atoms with E-state index in [-0.39, 0.29) is 11.3 Å². The molecule has 1 amide bonds. The Labute approximate surface area is 199 Å². The summed E-state index contributed by atoms with van der Waals surface area (Å²) < 4.78 is 5.66. The number of carboxylic acid groups (broad SMARTS) is 1. The highest BCUT2D eigenvalue weighted by Gasteiger charge is 2.39. The molecular formula is C26H18ClN2O5-. The summed E-state index contributed by atoms with van der Waals surface area (Å²) in [5.41, 5.74) is 1.50. The molecule has 4 aromatic rings. The topological polar surface area (TPSA) is 115 Å². The Hall–Kier alpha value is -4.20. The summed E-state index contributed by atoms with van der Waals surface area (Å²) in [5.74, 6) is -1.50. The summed E-state index contributed by atoms with van der Waals surface area (Å²) in [6, 6.07) is 24.4. The van der Waals surface area contributed by atoms with Crippen molar-refractivity contribution < 1.29 is 24.2 Å². The van der Waals surface area contributed by atoms with E-state index in [0.29, 0.717) is 27.5 Å². The standard InChI is InChI=1S/C26H19ClN2O5/c27-22-13-11-17(24(30)31)15-21(22)23-14-12-20(34-23)16-28-29-25(32)26(33,18-7-3-1-4-8-18)19-9-5-2-6-10-19/h1-16,33H,(H,29,32)(H,30,31)/p-1/b28-16-. The molecule has 0 aliphatic rings. The highest BCUT2D eigenvalue weighted by molar-refractivity contribution is 6.33. The fourth-order valence-electron chi connectivity index (χ4n) is 3.43. The highest BCUT2D eigenvalue weighted by Crippen LogP contribution is 2.31. The molecule has 34 heavy (non-hydrogen) atoms. The largest absolute Gasteiger partial charge is 0.545 e. The smallest absolute Gasteiger partial charge is 0.281 e. The van der Waals surface area contributed by atoms with Crippen LogP contribution in [0.1, 0.15) is 27.2 Å². The first-order chi connectivity index (χ1) is 16.4. The second-order valence-electron chi connectivity index (χ2n) is 7.33. The van der Waals surface area contributed by atoms with E-state index in [1.807, 2.05) is 0 Å². The van der Waals surface area contributed by atoms with Crippen LogP contribution in [0, 0.1) is 0 Å². The lowest BCUT2D eigenvalue weighted by Gasteiger charge is -2.26. The van der Waals surface area contributed by atoms with Crippen molar-refractivity contribution >= 4 is 29.7 Å². The van der Waals surface area contributed by atoms with E-state index in [1.165, 1.54) is 24.4 Å². The molecule has 0 atom stereocenters. The van der Waals surface area contributed by atoms with Crippen LogP contribution >= 0.6 is 11.6 Å². The van der Waals surface area contributed by atoms with E-state index in [4.69, 9.17) is 16.0 Å². The van der Waals surface area contributed by atoms with Gasteiger partial charge >= 0.3 is 0 Å². The fraction of sp³-hybridized carbons (Fsp3) is 0.0385. The van der Waals surface area contributed by atoms with E-state index < -0.39 is 17.5 Å². The lowest BCUT2D eigenvalue weighted by molar-refractivity contribution is -0.255. The number of aliphatic hydroxyl groups is 1. The monoisotopic (exact) mass is 473 g/mol. The predicted octanol–water partition coefficient (Wildman–Crippen LogP) is 3.35. The Bertz CT molecular complexity index is 1310. The van der Waals surface area contributed by atoms with Gasteiger partial charge in [-0.05, 0) is 41.0 Å². The van der Waals surface area contributed by atoms with Crippen LogP contribution in [0.4, 0.5) is 0 Å². The molecule has 1 aromatic heterocycles. The van der Waals surface area contributed by atoms with Crippen molar-refractivity contribution in [2.45, 2.75) is 5.60 Å². The van der Waals surface area contributed by atoms with Crippen LogP contribution in [-0.4, -0.2) is 23.2 Å². The van der Waals surface area contributed by atoms with Crippen molar-refractivity contribution in [3.05, 3.63) is 118 Å². The molecule has 0 aliphatic heterocycles. The van der Waals surface area contributed by atoms with Gasteiger partial charge in [-0.2, -0.15) is 5.10 Å². The number of nitrogens with one attached hydrogen (secondary N) is 1. The molecule has 3 aromatic carbocycles. The minimum atomic E-state index is -1.97. The number of hydrazone groups is 1. The molecule has 0 spiro atoms. The number of furan rings is 1. The van der Waals surface area contributed by atoms with E-state index in [0.717, 1.165) is 0 Å². The van der Waals surface area contributed by atoms with Gasteiger partial charge in [-0.15, -0.1) is 0 Å². The second kappa shape index (κ2) is 9.74. The third kappa shape index (κ3) is 4.61.